The van der Waals surface area contributed by atoms with Crippen LogP contribution in [0.4, 0.5) is 0 Å². The molecule has 4 heteroatoms. The first-order chi connectivity index (χ1) is 7.27. The summed E-state index contributed by atoms with van der Waals surface area (Å²) in [5.74, 6) is 1.74. The van der Waals surface area contributed by atoms with E-state index in [1.807, 2.05) is 0 Å². The topological polar surface area (TPSA) is 46.5 Å². The van der Waals surface area contributed by atoms with Crippen LogP contribution in [0.1, 0.15) is 10.4 Å². The Bertz CT molecular complexity index is 325. The predicted octanol–water partition coefficient (Wildman–Crippen LogP) is 1.60. The highest BCUT2D eigenvalue weighted by molar-refractivity contribution is 8.00. The summed E-state index contributed by atoms with van der Waals surface area (Å²) in [6.07, 6.45) is 0. The van der Waals surface area contributed by atoms with Crippen molar-refractivity contribution in [2.75, 3.05) is 25.2 Å². The van der Waals surface area contributed by atoms with E-state index >= 15 is 0 Å². The zero-order valence-corrected chi connectivity index (χ0v) is 9.42. The molecule has 0 saturated heterocycles. The number of ketones is 1. The minimum Gasteiger partial charge on any atom is -0.497 e. The molecule has 0 heterocycles. The third kappa shape index (κ3) is 3.93. The van der Waals surface area contributed by atoms with E-state index in [0.29, 0.717) is 22.8 Å². The van der Waals surface area contributed by atoms with Crippen molar-refractivity contribution in [3.63, 3.8) is 0 Å². The van der Waals surface area contributed by atoms with Crippen LogP contribution in [-0.4, -0.2) is 36.1 Å². The molecule has 82 valence electrons. The molecule has 1 N–H and O–H groups in total. The highest BCUT2D eigenvalue weighted by Gasteiger charge is 2.06. The maximum Gasteiger partial charge on any atom is 0.172 e. The van der Waals surface area contributed by atoms with Crippen molar-refractivity contribution in [1.82, 2.24) is 0 Å². The number of rotatable bonds is 6. The van der Waals surface area contributed by atoms with Gasteiger partial charge >= 0.3 is 0 Å². The van der Waals surface area contributed by atoms with Gasteiger partial charge in [-0.1, -0.05) is 12.1 Å². The number of methoxy groups -OCH3 is 1. The molecular formula is C11H14O3S. The number of aliphatic hydroxyl groups excluding tert-OH is 1. The number of carbonyl (C=O) groups excluding carboxylic acids is 1. The third-order valence-electron chi connectivity index (χ3n) is 1.86. The lowest BCUT2D eigenvalue weighted by molar-refractivity contribution is 0.102. The van der Waals surface area contributed by atoms with E-state index in [0.717, 1.165) is 0 Å². The zero-order chi connectivity index (χ0) is 11.1. The number of hydrogen-bond acceptors (Lipinski definition) is 4. The number of hydrogen-bond donors (Lipinski definition) is 1. The minimum atomic E-state index is 0.0624. The minimum absolute atomic E-state index is 0.0624. The molecule has 1 aromatic carbocycles. The molecular weight excluding hydrogens is 212 g/mol. The van der Waals surface area contributed by atoms with E-state index in [2.05, 4.69) is 0 Å². The number of ether oxygens (including phenoxy) is 1. The maximum absolute atomic E-state index is 11.6. The fraction of sp³-hybridized carbons (Fsp3) is 0.364. The first-order valence-electron chi connectivity index (χ1n) is 4.63. The number of carbonyl (C=O) groups is 1. The quantitative estimate of drug-likeness (QED) is 0.591. The van der Waals surface area contributed by atoms with Crippen LogP contribution in [0.5, 0.6) is 5.75 Å². The fourth-order valence-electron chi connectivity index (χ4n) is 1.11. The largest absolute Gasteiger partial charge is 0.497 e. The molecule has 1 aromatic rings. The van der Waals surface area contributed by atoms with Crippen molar-refractivity contribution < 1.29 is 14.6 Å². The number of thioether (sulfide) groups is 1. The van der Waals surface area contributed by atoms with Crippen molar-refractivity contribution in [2.24, 2.45) is 0 Å². The van der Waals surface area contributed by atoms with Crippen LogP contribution in [0, 0.1) is 0 Å². The Balaban J connectivity index is 2.57. The van der Waals surface area contributed by atoms with E-state index in [1.165, 1.54) is 11.8 Å². The molecule has 0 aliphatic carbocycles. The summed E-state index contributed by atoms with van der Waals surface area (Å²) in [6, 6.07) is 7.09. The molecule has 0 amide bonds. The molecule has 0 aliphatic rings. The monoisotopic (exact) mass is 226 g/mol. The van der Waals surface area contributed by atoms with E-state index < -0.39 is 0 Å². The van der Waals surface area contributed by atoms with Crippen molar-refractivity contribution in [2.45, 2.75) is 0 Å². The average molecular weight is 226 g/mol. The van der Waals surface area contributed by atoms with Gasteiger partial charge in [0, 0.05) is 11.3 Å². The molecule has 0 unspecified atom stereocenters. The first-order valence-corrected chi connectivity index (χ1v) is 5.79. The summed E-state index contributed by atoms with van der Waals surface area (Å²) in [5, 5.41) is 8.58. The summed E-state index contributed by atoms with van der Waals surface area (Å²) in [7, 11) is 1.57. The second-order valence-electron chi connectivity index (χ2n) is 2.93. The van der Waals surface area contributed by atoms with E-state index in [-0.39, 0.29) is 12.4 Å². The molecule has 0 atom stereocenters. The normalized spacial score (nSPS) is 10.0. The van der Waals surface area contributed by atoms with Crippen molar-refractivity contribution in [3.8, 4) is 5.75 Å². The van der Waals surface area contributed by atoms with Gasteiger partial charge in [-0.15, -0.1) is 0 Å². The summed E-state index contributed by atoms with van der Waals surface area (Å²) in [6.45, 7) is 0.107. The lowest BCUT2D eigenvalue weighted by Gasteiger charge is -2.03. The van der Waals surface area contributed by atoms with Gasteiger partial charge in [-0.3, -0.25) is 4.79 Å². The zero-order valence-electron chi connectivity index (χ0n) is 8.60. The molecule has 0 bridgehead atoms. The lowest BCUT2D eigenvalue weighted by atomic mass is 10.1. The Morgan fingerprint density at radius 2 is 2.33 bits per heavy atom. The smallest absolute Gasteiger partial charge is 0.172 e. The van der Waals surface area contributed by atoms with Crippen LogP contribution in [0.15, 0.2) is 24.3 Å². The van der Waals surface area contributed by atoms with E-state index in [9.17, 15) is 4.79 Å². The van der Waals surface area contributed by atoms with Crippen LogP contribution in [0.2, 0.25) is 0 Å². The van der Waals surface area contributed by atoms with Gasteiger partial charge in [-0.2, -0.15) is 11.8 Å². The summed E-state index contributed by atoms with van der Waals surface area (Å²) in [5.41, 5.74) is 0.653. The second kappa shape index (κ2) is 6.48. The molecule has 0 aromatic heterocycles. The molecule has 0 spiro atoms. The molecule has 0 fully saturated rings. The standard InChI is InChI=1S/C11H14O3S/c1-14-10-4-2-3-9(7-10)11(13)8-15-6-5-12/h2-4,7,12H,5-6,8H2,1H3. The first kappa shape index (κ1) is 12.1. The Morgan fingerprint density at radius 3 is 3.00 bits per heavy atom. The molecule has 15 heavy (non-hydrogen) atoms. The van der Waals surface area contributed by atoms with Crippen LogP contribution in [0.25, 0.3) is 0 Å². The average Bonchev–Trinajstić information content (AvgIpc) is 2.29. The van der Waals surface area contributed by atoms with Crippen LogP contribution in [-0.2, 0) is 0 Å². The number of aliphatic hydroxyl groups is 1. The maximum atomic E-state index is 11.6. The lowest BCUT2D eigenvalue weighted by Crippen LogP contribution is -2.04. The molecule has 0 radical (unpaired) electrons. The van der Waals surface area contributed by atoms with Crippen molar-refractivity contribution >= 4 is 17.5 Å². The SMILES string of the molecule is COc1cccc(C(=O)CSCCO)c1. The van der Waals surface area contributed by atoms with Gasteiger partial charge in [0.25, 0.3) is 0 Å². The molecule has 0 saturated carbocycles. The van der Waals surface area contributed by atoms with Crippen molar-refractivity contribution in [3.05, 3.63) is 29.8 Å². The predicted molar refractivity (Wildman–Crippen MR) is 61.7 cm³/mol. The summed E-state index contributed by atoms with van der Waals surface area (Å²) in [4.78, 5) is 11.6. The van der Waals surface area contributed by atoms with Gasteiger partial charge in [-0.05, 0) is 12.1 Å². The Labute approximate surface area is 93.4 Å². The van der Waals surface area contributed by atoms with Crippen LogP contribution >= 0.6 is 11.8 Å². The Hall–Kier alpha value is -1.00. The van der Waals surface area contributed by atoms with Gasteiger partial charge in [0.05, 0.1) is 19.5 Å². The van der Waals surface area contributed by atoms with E-state index in [1.54, 1.807) is 31.4 Å². The van der Waals surface area contributed by atoms with Gasteiger partial charge in [0.2, 0.25) is 0 Å². The number of Topliss-reactive ketones (excluding diaryl/α,β-unsaturated/α-hetero) is 1. The number of benzene rings is 1. The highest BCUT2D eigenvalue weighted by atomic mass is 32.2. The summed E-state index contributed by atoms with van der Waals surface area (Å²) >= 11 is 1.43. The van der Waals surface area contributed by atoms with E-state index in [4.69, 9.17) is 9.84 Å². The van der Waals surface area contributed by atoms with Gasteiger partial charge < -0.3 is 9.84 Å². The van der Waals surface area contributed by atoms with Crippen molar-refractivity contribution in [1.29, 1.82) is 0 Å². The van der Waals surface area contributed by atoms with Gasteiger partial charge in [-0.25, -0.2) is 0 Å². The molecule has 0 aliphatic heterocycles. The molecule has 1 rings (SSSR count). The summed E-state index contributed by atoms with van der Waals surface area (Å²) < 4.78 is 5.03. The third-order valence-corrected chi connectivity index (χ3v) is 2.80. The fourth-order valence-corrected chi connectivity index (χ4v) is 1.73. The Morgan fingerprint density at radius 1 is 1.53 bits per heavy atom. The van der Waals surface area contributed by atoms with Crippen LogP contribution in [0.3, 0.4) is 0 Å². The second-order valence-corrected chi connectivity index (χ2v) is 4.04. The van der Waals surface area contributed by atoms with Gasteiger partial charge in [0.1, 0.15) is 5.75 Å². The highest BCUT2D eigenvalue weighted by Crippen LogP contribution is 2.14. The van der Waals surface area contributed by atoms with Gasteiger partial charge in [0.15, 0.2) is 5.78 Å². The van der Waals surface area contributed by atoms with Crippen LogP contribution < -0.4 is 4.74 Å². The molecule has 3 nitrogen and oxygen atoms in total. The Kier molecular flexibility index (Phi) is 5.21.